The quantitative estimate of drug-likeness (QED) is 0.210. The molecule has 8 nitrogen and oxygen atoms in total. The van der Waals surface area contributed by atoms with E-state index >= 15 is 0 Å². The lowest BCUT2D eigenvalue weighted by atomic mass is 9.93. The number of nitrogens with one attached hydrogen (secondary N) is 4. The Kier molecular flexibility index (Phi) is 13.4. The lowest BCUT2D eigenvalue weighted by Gasteiger charge is -2.32. The van der Waals surface area contributed by atoms with Crippen LogP contribution in [0.3, 0.4) is 0 Å². The van der Waals surface area contributed by atoms with Crippen LogP contribution in [0.15, 0.2) is 4.99 Å². The number of likely N-dealkylation sites (tertiary alicyclic amines) is 1. The maximum Gasteiger partial charge on any atom is 0.234 e. The molecule has 0 aliphatic carbocycles. The van der Waals surface area contributed by atoms with Crippen molar-refractivity contribution in [2.24, 2.45) is 10.4 Å². The fourth-order valence-electron chi connectivity index (χ4n) is 2.96. The zero-order valence-corrected chi connectivity index (χ0v) is 20.4. The minimum Gasteiger partial charge on any atom is -0.359 e. The van der Waals surface area contributed by atoms with E-state index in [2.05, 4.69) is 38.1 Å². The van der Waals surface area contributed by atoms with Gasteiger partial charge in [-0.05, 0) is 40.0 Å². The molecule has 0 bridgehead atoms. The molecule has 0 saturated carbocycles. The number of carbonyl (C=O) groups excluding carboxylic acids is 2. The first-order chi connectivity index (χ1) is 12.8. The Hall–Kier alpha value is -1.10. The summed E-state index contributed by atoms with van der Waals surface area (Å²) in [5.74, 6) is 0.833. The highest BCUT2D eigenvalue weighted by Crippen LogP contribution is 2.15. The standard InChI is InChI=1S/C19H38N6O2.HI/c1-6-10-22-16(26)13-25-11-8-15(9-12-25)24-18(21-7-2)23-14-19(3,4)17(27)20-5;/h15H,6-14H2,1-5H3,(H,20,27)(H,22,26)(H2,21,23,24);1H. The van der Waals surface area contributed by atoms with Crippen LogP contribution in [0.25, 0.3) is 0 Å². The molecule has 0 atom stereocenters. The third-order valence-electron chi connectivity index (χ3n) is 4.69. The van der Waals surface area contributed by atoms with Crippen molar-refractivity contribution in [2.45, 2.75) is 53.0 Å². The van der Waals surface area contributed by atoms with Crippen LogP contribution in [0.2, 0.25) is 0 Å². The molecule has 2 amide bonds. The molecule has 1 fully saturated rings. The van der Waals surface area contributed by atoms with Crippen molar-refractivity contribution in [3.8, 4) is 0 Å². The third kappa shape index (κ3) is 9.90. The summed E-state index contributed by atoms with van der Waals surface area (Å²) in [4.78, 5) is 30.6. The highest BCUT2D eigenvalue weighted by molar-refractivity contribution is 14.0. The molecule has 0 aromatic rings. The van der Waals surface area contributed by atoms with E-state index in [0.29, 0.717) is 19.1 Å². The lowest BCUT2D eigenvalue weighted by Crippen LogP contribution is -2.50. The van der Waals surface area contributed by atoms with Crippen LogP contribution in [0.5, 0.6) is 0 Å². The highest BCUT2D eigenvalue weighted by Gasteiger charge is 2.27. The molecule has 0 radical (unpaired) electrons. The summed E-state index contributed by atoms with van der Waals surface area (Å²) in [6.07, 6.45) is 2.88. The van der Waals surface area contributed by atoms with E-state index < -0.39 is 5.41 Å². The molecule has 9 heteroatoms. The van der Waals surface area contributed by atoms with Gasteiger partial charge in [-0.3, -0.25) is 19.5 Å². The Morgan fingerprint density at radius 1 is 1.14 bits per heavy atom. The Morgan fingerprint density at radius 3 is 2.32 bits per heavy atom. The second-order valence-corrected chi connectivity index (χ2v) is 7.70. The van der Waals surface area contributed by atoms with E-state index in [0.717, 1.165) is 51.4 Å². The summed E-state index contributed by atoms with van der Waals surface area (Å²) in [5, 5.41) is 12.3. The Morgan fingerprint density at radius 2 is 1.79 bits per heavy atom. The number of carbonyl (C=O) groups is 2. The van der Waals surface area contributed by atoms with Crippen LogP contribution in [0.4, 0.5) is 0 Å². The van der Waals surface area contributed by atoms with Crippen LogP contribution in [0, 0.1) is 5.41 Å². The van der Waals surface area contributed by atoms with E-state index in [4.69, 9.17) is 0 Å². The molecule has 1 heterocycles. The molecule has 0 aromatic carbocycles. The number of guanidine groups is 1. The van der Waals surface area contributed by atoms with Crippen molar-refractivity contribution in [1.82, 2.24) is 26.2 Å². The SMILES string of the molecule is CCCNC(=O)CN1CCC(NC(=NCC(C)(C)C(=O)NC)NCC)CC1.I. The molecular formula is C19H39IN6O2. The smallest absolute Gasteiger partial charge is 0.234 e. The van der Waals surface area contributed by atoms with Gasteiger partial charge in [-0.1, -0.05) is 6.92 Å². The predicted molar refractivity (Wildman–Crippen MR) is 125 cm³/mol. The maximum absolute atomic E-state index is 11.9. The highest BCUT2D eigenvalue weighted by atomic mass is 127. The molecule has 0 unspecified atom stereocenters. The summed E-state index contributed by atoms with van der Waals surface area (Å²) in [6.45, 7) is 12.0. The summed E-state index contributed by atoms with van der Waals surface area (Å²) < 4.78 is 0. The molecule has 164 valence electrons. The number of nitrogens with zero attached hydrogens (tertiary/aromatic N) is 2. The summed E-state index contributed by atoms with van der Waals surface area (Å²) in [5.41, 5.74) is -0.549. The molecule has 1 aliphatic rings. The number of aliphatic imine (C=N–C) groups is 1. The van der Waals surface area contributed by atoms with Crippen molar-refractivity contribution in [1.29, 1.82) is 0 Å². The average Bonchev–Trinajstić information content (AvgIpc) is 2.65. The van der Waals surface area contributed by atoms with Gasteiger partial charge in [-0.25, -0.2) is 0 Å². The van der Waals surface area contributed by atoms with Gasteiger partial charge in [0.05, 0.1) is 18.5 Å². The van der Waals surface area contributed by atoms with Gasteiger partial charge in [0.2, 0.25) is 11.8 Å². The number of rotatable bonds is 9. The van der Waals surface area contributed by atoms with E-state index in [9.17, 15) is 9.59 Å². The third-order valence-corrected chi connectivity index (χ3v) is 4.69. The monoisotopic (exact) mass is 510 g/mol. The number of amides is 2. The van der Waals surface area contributed by atoms with Gasteiger partial charge in [0, 0.05) is 39.3 Å². The largest absolute Gasteiger partial charge is 0.359 e. The molecule has 1 aliphatic heterocycles. The normalized spacial score (nSPS) is 16.1. The van der Waals surface area contributed by atoms with Gasteiger partial charge >= 0.3 is 0 Å². The molecule has 4 N–H and O–H groups in total. The predicted octanol–water partition coefficient (Wildman–Crippen LogP) is 0.922. The molecule has 28 heavy (non-hydrogen) atoms. The number of hydrogen-bond donors (Lipinski definition) is 4. The molecule has 0 aromatic heterocycles. The van der Waals surface area contributed by atoms with E-state index in [1.54, 1.807) is 7.05 Å². The molecular weight excluding hydrogens is 471 g/mol. The summed E-state index contributed by atoms with van der Waals surface area (Å²) in [7, 11) is 1.65. The number of piperidine rings is 1. The van der Waals surface area contributed by atoms with Crippen molar-refractivity contribution in [3.05, 3.63) is 0 Å². The zero-order chi connectivity index (χ0) is 20.3. The second kappa shape index (κ2) is 14.0. The molecule has 1 saturated heterocycles. The summed E-state index contributed by atoms with van der Waals surface area (Å²) in [6, 6.07) is 0.320. The summed E-state index contributed by atoms with van der Waals surface area (Å²) >= 11 is 0. The first-order valence-corrected chi connectivity index (χ1v) is 10.1. The van der Waals surface area contributed by atoms with Gasteiger partial charge in [0.1, 0.15) is 0 Å². The second-order valence-electron chi connectivity index (χ2n) is 7.70. The van der Waals surface area contributed by atoms with Crippen LogP contribution < -0.4 is 21.3 Å². The maximum atomic E-state index is 11.9. The van der Waals surface area contributed by atoms with Gasteiger partial charge in [-0.15, -0.1) is 24.0 Å². The van der Waals surface area contributed by atoms with Crippen LogP contribution >= 0.6 is 24.0 Å². The van der Waals surface area contributed by atoms with Crippen molar-refractivity contribution >= 4 is 41.8 Å². The minimum atomic E-state index is -0.549. The van der Waals surface area contributed by atoms with Crippen LogP contribution in [0.1, 0.15) is 47.0 Å². The fraction of sp³-hybridized carbons (Fsp3) is 0.842. The van der Waals surface area contributed by atoms with Gasteiger partial charge in [0.25, 0.3) is 0 Å². The van der Waals surface area contributed by atoms with E-state index in [1.807, 2.05) is 20.8 Å². The molecule has 0 spiro atoms. The Balaban J connectivity index is 0.00000729. The van der Waals surface area contributed by atoms with E-state index in [-0.39, 0.29) is 35.8 Å². The van der Waals surface area contributed by atoms with Crippen molar-refractivity contribution < 1.29 is 9.59 Å². The first kappa shape index (κ1) is 26.9. The van der Waals surface area contributed by atoms with Gasteiger partial charge < -0.3 is 21.3 Å². The Labute approximate surface area is 187 Å². The van der Waals surface area contributed by atoms with Gasteiger partial charge in [-0.2, -0.15) is 0 Å². The lowest BCUT2D eigenvalue weighted by molar-refractivity contribution is -0.128. The minimum absolute atomic E-state index is 0. The number of hydrogen-bond acceptors (Lipinski definition) is 4. The topological polar surface area (TPSA) is 97.9 Å². The fourth-order valence-corrected chi connectivity index (χ4v) is 2.96. The van der Waals surface area contributed by atoms with Gasteiger partial charge in [0.15, 0.2) is 5.96 Å². The van der Waals surface area contributed by atoms with Crippen molar-refractivity contribution in [3.63, 3.8) is 0 Å². The number of halogens is 1. The van der Waals surface area contributed by atoms with Crippen molar-refractivity contribution in [2.75, 3.05) is 46.3 Å². The van der Waals surface area contributed by atoms with Crippen LogP contribution in [-0.4, -0.2) is 75.0 Å². The molecule has 1 rings (SSSR count). The van der Waals surface area contributed by atoms with E-state index in [1.165, 1.54) is 0 Å². The zero-order valence-electron chi connectivity index (χ0n) is 18.1. The average molecular weight is 510 g/mol. The first-order valence-electron chi connectivity index (χ1n) is 10.1. The van der Waals surface area contributed by atoms with Crippen LogP contribution in [-0.2, 0) is 9.59 Å². The Bertz CT molecular complexity index is 505.